The molecule has 120 valence electrons. The minimum absolute atomic E-state index is 0.00594. The summed E-state index contributed by atoms with van der Waals surface area (Å²) in [6.45, 7) is 2.74. The molecule has 0 bridgehead atoms. The van der Waals surface area contributed by atoms with Crippen LogP contribution in [0.4, 0.5) is 0 Å². The van der Waals surface area contributed by atoms with Gasteiger partial charge in [0.05, 0.1) is 23.8 Å². The molecule has 0 spiro atoms. The standard InChI is InChI=1S/C16H23N3O3/c1-2-11-10(7-8-17-11)16(21)18-12-5-6-14(20)19-15(12)13-4-3-9-22-13/h7-8,12-13,15,17H,2-6,9H2,1H3,(H,18,21)(H,19,20)/t12-,13?,15-/m0/s1. The van der Waals surface area contributed by atoms with Gasteiger partial charge < -0.3 is 20.4 Å². The number of nitrogens with one attached hydrogen (secondary N) is 3. The third-order valence-electron chi connectivity index (χ3n) is 4.56. The number of H-pyrrole nitrogens is 1. The molecule has 3 atom stereocenters. The Kier molecular flexibility index (Phi) is 4.47. The second-order valence-corrected chi connectivity index (χ2v) is 5.99. The van der Waals surface area contributed by atoms with Crippen LogP contribution in [0, 0.1) is 0 Å². The normalized spacial score (nSPS) is 28.4. The van der Waals surface area contributed by atoms with Gasteiger partial charge in [-0.15, -0.1) is 0 Å². The Morgan fingerprint density at radius 2 is 2.32 bits per heavy atom. The Morgan fingerprint density at radius 1 is 1.45 bits per heavy atom. The van der Waals surface area contributed by atoms with E-state index in [2.05, 4.69) is 15.6 Å². The largest absolute Gasteiger partial charge is 0.376 e. The maximum Gasteiger partial charge on any atom is 0.253 e. The van der Waals surface area contributed by atoms with Crippen LogP contribution in [0.3, 0.4) is 0 Å². The van der Waals surface area contributed by atoms with E-state index < -0.39 is 0 Å². The number of aromatic amines is 1. The summed E-state index contributed by atoms with van der Waals surface area (Å²) >= 11 is 0. The van der Waals surface area contributed by atoms with Gasteiger partial charge in [-0.05, 0) is 31.7 Å². The van der Waals surface area contributed by atoms with Crippen molar-refractivity contribution in [1.29, 1.82) is 0 Å². The third-order valence-corrected chi connectivity index (χ3v) is 4.56. The van der Waals surface area contributed by atoms with E-state index in [0.717, 1.165) is 31.6 Å². The molecule has 6 heteroatoms. The van der Waals surface area contributed by atoms with E-state index in [1.54, 1.807) is 12.3 Å². The molecule has 1 aromatic heterocycles. The van der Waals surface area contributed by atoms with Crippen molar-refractivity contribution in [3.63, 3.8) is 0 Å². The number of amides is 2. The highest BCUT2D eigenvalue weighted by molar-refractivity contribution is 5.95. The summed E-state index contributed by atoms with van der Waals surface area (Å²) in [5.41, 5.74) is 1.62. The molecule has 2 fully saturated rings. The molecule has 6 nitrogen and oxygen atoms in total. The van der Waals surface area contributed by atoms with Gasteiger partial charge in [0.1, 0.15) is 0 Å². The molecule has 0 saturated carbocycles. The van der Waals surface area contributed by atoms with Crippen molar-refractivity contribution in [3.8, 4) is 0 Å². The number of hydrogen-bond donors (Lipinski definition) is 3. The van der Waals surface area contributed by atoms with Gasteiger partial charge in [0.15, 0.2) is 0 Å². The number of aromatic nitrogens is 1. The summed E-state index contributed by atoms with van der Waals surface area (Å²) in [6, 6.07) is 1.60. The summed E-state index contributed by atoms with van der Waals surface area (Å²) in [5.74, 6) is -0.0378. The van der Waals surface area contributed by atoms with E-state index in [1.165, 1.54) is 0 Å². The van der Waals surface area contributed by atoms with Crippen LogP contribution >= 0.6 is 0 Å². The molecule has 22 heavy (non-hydrogen) atoms. The summed E-state index contributed by atoms with van der Waals surface area (Å²) in [6.07, 6.45) is 5.62. The Bertz CT molecular complexity index is 549. The van der Waals surface area contributed by atoms with Gasteiger partial charge in [0.2, 0.25) is 5.91 Å². The fourth-order valence-corrected chi connectivity index (χ4v) is 3.38. The van der Waals surface area contributed by atoms with E-state index in [-0.39, 0.29) is 30.0 Å². The molecule has 3 rings (SSSR count). The average Bonchev–Trinajstić information content (AvgIpc) is 3.19. The maximum absolute atomic E-state index is 12.5. The van der Waals surface area contributed by atoms with Crippen LogP contribution in [0.15, 0.2) is 12.3 Å². The lowest BCUT2D eigenvalue weighted by Crippen LogP contribution is -2.60. The van der Waals surface area contributed by atoms with E-state index in [0.29, 0.717) is 18.4 Å². The minimum atomic E-state index is -0.128. The summed E-state index contributed by atoms with van der Waals surface area (Å²) in [5, 5.41) is 6.09. The number of rotatable bonds is 4. The molecule has 2 aliphatic heterocycles. The van der Waals surface area contributed by atoms with Crippen molar-refractivity contribution >= 4 is 11.8 Å². The van der Waals surface area contributed by atoms with Crippen LogP contribution in [0.25, 0.3) is 0 Å². The van der Waals surface area contributed by atoms with Gasteiger partial charge in [-0.2, -0.15) is 0 Å². The minimum Gasteiger partial charge on any atom is -0.376 e. The zero-order valence-corrected chi connectivity index (χ0v) is 12.9. The molecule has 1 aromatic rings. The van der Waals surface area contributed by atoms with E-state index in [4.69, 9.17) is 4.74 Å². The topological polar surface area (TPSA) is 83.2 Å². The van der Waals surface area contributed by atoms with Gasteiger partial charge in [-0.3, -0.25) is 9.59 Å². The molecular formula is C16H23N3O3. The fourth-order valence-electron chi connectivity index (χ4n) is 3.38. The van der Waals surface area contributed by atoms with Gasteiger partial charge in [-0.25, -0.2) is 0 Å². The number of piperidine rings is 1. The van der Waals surface area contributed by atoms with Crippen molar-refractivity contribution in [2.24, 2.45) is 0 Å². The molecule has 3 N–H and O–H groups in total. The summed E-state index contributed by atoms with van der Waals surface area (Å²) in [4.78, 5) is 27.3. The first-order valence-corrected chi connectivity index (χ1v) is 8.07. The van der Waals surface area contributed by atoms with Gasteiger partial charge in [0, 0.05) is 24.9 Å². The molecule has 0 radical (unpaired) electrons. The quantitative estimate of drug-likeness (QED) is 0.780. The van der Waals surface area contributed by atoms with E-state index in [9.17, 15) is 9.59 Å². The first-order valence-electron chi connectivity index (χ1n) is 8.07. The number of hydrogen-bond acceptors (Lipinski definition) is 3. The Hall–Kier alpha value is -1.82. The zero-order chi connectivity index (χ0) is 15.5. The van der Waals surface area contributed by atoms with Crippen molar-refractivity contribution in [2.75, 3.05) is 6.61 Å². The molecule has 1 unspecified atom stereocenters. The van der Waals surface area contributed by atoms with E-state index in [1.807, 2.05) is 6.92 Å². The van der Waals surface area contributed by atoms with Crippen LogP contribution in [0.1, 0.15) is 48.7 Å². The van der Waals surface area contributed by atoms with Gasteiger partial charge >= 0.3 is 0 Å². The summed E-state index contributed by atoms with van der Waals surface area (Å²) in [7, 11) is 0. The lowest BCUT2D eigenvalue weighted by Gasteiger charge is -2.36. The van der Waals surface area contributed by atoms with Crippen molar-refractivity contribution in [1.82, 2.24) is 15.6 Å². The fraction of sp³-hybridized carbons (Fsp3) is 0.625. The van der Waals surface area contributed by atoms with Crippen LogP contribution in [0.5, 0.6) is 0 Å². The molecular weight excluding hydrogens is 282 g/mol. The van der Waals surface area contributed by atoms with Crippen LogP contribution in [-0.2, 0) is 16.0 Å². The predicted molar refractivity (Wildman–Crippen MR) is 81.6 cm³/mol. The second-order valence-electron chi connectivity index (χ2n) is 5.99. The molecule has 2 aliphatic rings. The Balaban J connectivity index is 1.71. The molecule has 2 amide bonds. The lowest BCUT2D eigenvalue weighted by atomic mass is 9.92. The van der Waals surface area contributed by atoms with Crippen LogP contribution in [-0.4, -0.2) is 41.6 Å². The molecule has 0 aliphatic carbocycles. The highest BCUT2D eigenvalue weighted by Gasteiger charge is 2.37. The van der Waals surface area contributed by atoms with E-state index >= 15 is 0 Å². The molecule has 2 saturated heterocycles. The first-order chi connectivity index (χ1) is 10.7. The zero-order valence-electron chi connectivity index (χ0n) is 12.9. The van der Waals surface area contributed by atoms with Gasteiger partial charge in [0.25, 0.3) is 5.91 Å². The molecule has 0 aromatic carbocycles. The van der Waals surface area contributed by atoms with Crippen LogP contribution in [0.2, 0.25) is 0 Å². The monoisotopic (exact) mass is 305 g/mol. The Morgan fingerprint density at radius 3 is 3.05 bits per heavy atom. The van der Waals surface area contributed by atoms with Crippen molar-refractivity contribution < 1.29 is 14.3 Å². The van der Waals surface area contributed by atoms with Crippen molar-refractivity contribution in [3.05, 3.63) is 23.5 Å². The predicted octanol–water partition coefficient (Wildman–Crippen LogP) is 1.13. The highest BCUT2D eigenvalue weighted by Crippen LogP contribution is 2.23. The highest BCUT2D eigenvalue weighted by atomic mass is 16.5. The Labute approximate surface area is 130 Å². The number of carbonyl (C=O) groups is 2. The molecule has 3 heterocycles. The second kappa shape index (κ2) is 6.52. The number of aryl methyl sites for hydroxylation is 1. The summed E-state index contributed by atoms with van der Waals surface area (Å²) < 4.78 is 5.72. The third kappa shape index (κ3) is 3.02. The first kappa shape index (κ1) is 15.1. The smallest absolute Gasteiger partial charge is 0.253 e. The van der Waals surface area contributed by atoms with Crippen molar-refractivity contribution in [2.45, 2.75) is 57.2 Å². The van der Waals surface area contributed by atoms with Gasteiger partial charge in [-0.1, -0.05) is 6.92 Å². The maximum atomic E-state index is 12.5. The number of ether oxygens (including phenoxy) is 1. The SMILES string of the molecule is CCc1[nH]ccc1C(=O)N[C@H]1CCC(=O)N[C@@H]1C1CCCO1. The number of carbonyl (C=O) groups excluding carboxylic acids is 2. The lowest BCUT2D eigenvalue weighted by molar-refractivity contribution is -0.125. The van der Waals surface area contributed by atoms with Crippen LogP contribution < -0.4 is 10.6 Å². The average molecular weight is 305 g/mol.